The first-order chi connectivity index (χ1) is 5.84. The maximum Gasteiger partial charge on any atom is 0.108 e. The first-order valence-corrected chi connectivity index (χ1v) is 4.31. The zero-order valence-electron chi connectivity index (χ0n) is 6.83. The van der Waals surface area contributed by atoms with Gasteiger partial charge < -0.3 is 0 Å². The van der Waals surface area contributed by atoms with E-state index < -0.39 is 0 Å². The fourth-order valence-corrected chi connectivity index (χ4v) is 1.16. The van der Waals surface area contributed by atoms with Crippen molar-refractivity contribution in [1.82, 2.24) is 5.32 Å². The van der Waals surface area contributed by atoms with Crippen LogP contribution in [0.5, 0.6) is 0 Å². The summed E-state index contributed by atoms with van der Waals surface area (Å²) >= 11 is 6.03. The van der Waals surface area contributed by atoms with E-state index in [-0.39, 0.29) is 5.50 Å². The highest BCUT2D eigenvalue weighted by Gasteiger charge is 2.03. The highest BCUT2D eigenvalue weighted by molar-refractivity contribution is 6.20. The van der Waals surface area contributed by atoms with E-state index in [4.69, 9.17) is 11.6 Å². The molecule has 64 valence electrons. The standard InChI is InChI=1S/C10H12ClN/c1-2-8-12-10(11)9-6-4-3-5-7-9/h2-7,10,12H,1,8H2. The fourth-order valence-electron chi connectivity index (χ4n) is 0.927. The summed E-state index contributed by atoms with van der Waals surface area (Å²) in [4.78, 5) is 0. The zero-order chi connectivity index (χ0) is 8.81. The van der Waals surface area contributed by atoms with Gasteiger partial charge in [0.1, 0.15) is 5.50 Å². The van der Waals surface area contributed by atoms with E-state index in [1.165, 1.54) is 0 Å². The van der Waals surface area contributed by atoms with Crippen molar-refractivity contribution in [2.45, 2.75) is 5.50 Å². The summed E-state index contributed by atoms with van der Waals surface area (Å²) in [5.41, 5.74) is 0.963. The molecule has 0 heterocycles. The molecule has 0 aliphatic rings. The van der Waals surface area contributed by atoms with E-state index >= 15 is 0 Å². The quantitative estimate of drug-likeness (QED) is 0.428. The van der Waals surface area contributed by atoms with Crippen LogP contribution in [0, 0.1) is 0 Å². The predicted octanol–water partition coefficient (Wildman–Crippen LogP) is 2.70. The molecular weight excluding hydrogens is 170 g/mol. The van der Waals surface area contributed by atoms with Crippen molar-refractivity contribution in [3.63, 3.8) is 0 Å². The Hall–Kier alpha value is -0.790. The van der Waals surface area contributed by atoms with E-state index in [2.05, 4.69) is 11.9 Å². The molecule has 1 atom stereocenters. The van der Waals surface area contributed by atoms with Gasteiger partial charge in [-0.1, -0.05) is 36.4 Å². The van der Waals surface area contributed by atoms with Gasteiger partial charge in [0.05, 0.1) is 0 Å². The number of halogens is 1. The van der Waals surface area contributed by atoms with E-state index in [0.717, 1.165) is 12.1 Å². The van der Waals surface area contributed by atoms with Crippen molar-refractivity contribution in [3.05, 3.63) is 48.6 Å². The van der Waals surface area contributed by atoms with Crippen LogP contribution in [0.2, 0.25) is 0 Å². The largest absolute Gasteiger partial charge is 0.294 e. The molecule has 0 aromatic heterocycles. The molecule has 1 nitrogen and oxygen atoms in total. The lowest BCUT2D eigenvalue weighted by atomic mass is 10.2. The lowest BCUT2D eigenvalue weighted by Gasteiger charge is -2.09. The second-order valence-corrected chi connectivity index (χ2v) is 2.91. The summed E-state index contributed by atoms with van der Waals surface area (Å²) in [6.07, 6.45) is 1.79. The van der Waals surface area contributed by atoms with Gasteiger partial charge in [0.15, 0.2) is 0 Å². The van der Waals surface area contributed by atoms with Gasteiger partial charge in [0.25, 0.3) is 0 Å². The topological polar surface area (TPSA) is 12.0 Å². The van der Waals surface area contributed by atoms with Crippen LogP contribution in [-0.2, 0) is 0 Å². The molecule has 1 N–H and O–H groups in total. The highest BCUT2D eigenvalue weighted by atomic mass is 35.5. The normalized spacial score (nSPS) is 12.4. The summed E-state index contributed by atoms with van der Waals surface area (Å²) in [5.74, 6) is 0. The molecule has 0 aliphatic carbocycles. The number of hydrogen-bond donors (Lipinski definition) is 1. The summed E-state index contributed by atoms with van der Waals surface area (Å²) in [5, 5.41) is 3.10. The second kappa shape index (κ2) is 4.96. The first-order valence-electron chi connectivity index (χ1n) is 3.88. The van der Waals surface area contributed by atoms with Gasteiger partial charge in [0.2, 0.25) is 0 Å². The van der Waals surface area contributed by atoms with Gasteiger partial charge in [-0.15, -0.1) is 18.2 Å². The Morgan fingerprint density at radius 2 is 2.08 bits per heavy atom. The third-order valence-corrected chi connectivity index (χ3v) is 1.94. The summed E-state index contributed by atoms with van der Waals surface area (Å²) in [7, 11) is 0. The van der Waals surface area contributed by atoms with Crippen LogP contribution in [0.1, 0.15) is 11.1 Å². The van der Waals surface area contributed by atoms with E-state index in [9.17, 15) is 0 Å². The van der Waals surface area contributed by atoms with Gasteiger partial charge in [-0.3, -0.25) is 5.32 Å². The lowest BCUT2D eigenvalue weighted by Crippen LogP contribution is -2.16. The van der Waals surface area contributed by atoms with E-state index in [0.29, 0.717) is 0 Å². The molecular formula is C10H12ClN. The number of rotatable bonds is 4. The van der Waals surface area contributed by atoms with Crippen LogP contribution < -0.4 is 5.32 Å². The Labute approximate surface area is 78.1 Å². The molecule has 1 aromatic rings. The molecule has 0 bridgehead atoms. The summed E-state index contributed by atoms with van der Waals surface area (Å²) < 4.78 is 0. The minimum atomic E-state index is -0.121. The molecule has 0 radical (unpaired) electrons. The average Bonchev–Trinajstić information content (AvgIpc) is 2.15. The van der Waals surface area contributed by atoms with Gasteiger partial charge >= 0.3 is 0 Å². The Kier molecular flexibility index (Phi) is 3.85. The van der Waals surface area contributed by atoms with Crippen molar-refractivity contribution in [3.8, 4) is 0 Å². The van der Waals surface area contributed by atoms with Crippen LogP contribution in [0.15, 0.2) is 43.0 Å². The second-order valence-electron chi connectivity index (χ2n) is 2.47. The van der Waals surface area contributed by atoms with Crippen LogP contribution >= 0.6 is 11.6 Å². The average molecular weight is 182 g/mol. The lowest BCUT2D eigenvalue weighted by molar-refractivity contribution is 0.731. The van der Waals surface area contributed by atoms with Crippen LogP contribution in [-0.4, -0.2) is 6.54 Å². The molecule has 1 aromatic carbocycles. The Morgan fingerprint density at radius 3 is 2.67 bits per heavy atom. The third-order valence-electron chi connectivity index (χ3n) is 1.53. The number of benzene rings is 1. The molecule has 12 heavy (non-hydrogen) atoms. The Morgan fingerprint density at radius 1 is 1.42 bits per heavy atom. The predicted molar refractivity (Wildman–Crippen MR) is 53.2 cm³/mol. The fraction of sp³-hybridized carbons (Fsp3) is 0.200. The minimum Gasteiger partial charge on any atom is -0.294 e. The van der Waals surface area contributed by atoms with Crippen LogP contribution in [0.25, 0.3) is 0 Å². The molecule has 2 heteroatoms. The highest BCUT2D eigenvalue weighted by Crippen LogP contribution is 2.15. The smallest absolute Gasteiger partial charge is 0.108 e. The Bertz CT molecular complexity index is 233. The number of nitrogens with one attached hydrogen (secondary N) is 1. The first kappa shape index (κ1) is 9.30. The van der Waals surface area contributed by atoms with Crippen molar-refractivity contribution in [2.75, 3.05) is 6.54 Å². The van der Waals surface area contributed by atoms with Crippen LogP contribution in [0.3, 0.4) is 0 Å². The maximum atomic E-state index is 6.03. The molecule has 0 fully saturated rings. The van der Waals surface area contributed by atoms with Gasteiger partial charge in [0, 0.05) is 6.54 Å². The van der Waals surface area contributed by atoms with E-state index in [1.807, 2.05) is 30.3 Å². The van der Waals surface area contributed by atoms with E-state index in [1.54, 1.807) is 6.08 Å². The molecule has 0 amide bonds. The number of alkyl halides is 1. The van der Waals surface area contributed by atoms with Crippen molar-refractivity contribution in [2.24, 2.45) is 0 Å². The summed E-state index contributed by atoms with van der Waals surface area (Å²) in [6.45, 7) is 4.33. The monoisotopic (exact) mass is 181 g/mol. The summed E-state index contributed by atoms with van der Waals surface area (Å²) in [6, 6.07) is 9.91. The van der Waals surface area contributed by atoms with Gasteiger partial charge in [-0.25, -0.2) is 0 Å². The number of hydrogen-bond acceptors (Lipinski definition) is 1. The molecule has 0 saturated carbocycles. The maximum absolute atomic E-state index is 6.03. The van der Waals surface area contributed by atoms with Gasteiger partial charge in [-0.05, 0) is 5.56 Å². The minimum absolute atomic E-state index is 0.121. The third kappa shape index (κ3) is 2.68. The van der Waals surface area contributed by atoms with Gasteiger partial charge in [-0.2, -0.15) is 0 Å². The SMILES string of the molecule is C=CCNC(Cl)c1ccccc1. The molecule has 0 saturated heterocycles. The van der Waals surface area contributed by atoms with Crippen molar-refractivity contribution >= 4 is 11.6 Å². The van der Waals surface area contributed by atoms with Crippen molar-refractivity contribution in [1.29, 1.82) is 0 Å². The Balaban J connectivity index is 2.53. The molecule has 1 rings (SSSR count). The van der Waals surface area contributed by atoms with Crippen LogP contribution in [0.4, 0.5) is 0 Å². The zero-order valence-corrected chi connectivity index (χ0v) is 7.59. The molecule has 0 spiro atoms. The van der Waals surface area contributed by atoms with Crippen molar-refractivity contribution < 1.29 is 0 Å². The molecule has 1 unspecified atom stereocenters. The molecule has 0 aliphatic heterocycles.